The van der Waals surface area contributed by atoms with Crippen molar-refractivity contribution >= 4 is 23.2 Å². The highest BCUT2D eigenvalue weighted by atomic mass is 16.2. The van der Waals surface area contributed by atoms with E-state index in [0.717, 1.165) is 42.5 Å². The van der Waals surface area contributed by atoms with E-state index in [-0.39, 0.29) is 11.4 Å². The Bertz CT molecular complexity index is 971. The van der Waals surface area contributed by atoms with E-state index in [0.29, 0.717) is 22.8 Å². The van der Waals surface area contributed by atoms with Crippen molar-refractivity contribution in [1.82, 2.24) is 14.9 Å². The molecule has 2 aromatic rings. The molecule has 0 saturated heterocycles. The van der Waals surface area contributed by atoms with Gasteiger partial charge in [0.05, 0.1) is 16.7 Å². The third-order valence-electron chi connectivity index (χ3n) is 5.99. The summed E-state index contributed by atoms with van der Waals surface area (Å²) < 4.78 is 0. The van der Waals surface area contributed by atoms with Crippen molar-refractivity contribution in [2.24, 2.45) is 0 Å². The monoisotopic (exact) mass is 362 g/mol. The third kappa shape index (κ3) is 2.52. The van der Waals surface area contributed by atoms with E-state index in [1.807, 2.05) is 24.9 Å². The summed E-state index contributed by atoms with van der Waals surface area (Å²) in [7, 11) is 1.86. The van der Waals surface area contributed by atoms with E-state index < -0.39 is 0 Å². The van der Waals surface area contributed by atoms with Crippen molar-refractivity contribution in [3.63, 3.8) is 0 Å². The Hall–Kier alpha value is -3.14. The van der Waals surface area contributed by atoms with Gasteiger partial charge < -0.3 is 16.0 Å². The highest BCUT2D eigenvalue weighted by Gasteiger charge is 2.49. The van der Waals surface area contributed by atoms with Gasteiger partial charge >= 0.3 is 0 Å². The number of nitrogens with one attached hydrogen (secondary N) is 1. The number of carbonyl (C=O) groups excluding carboxylic acids is 1. The zero-order chi connectivity index (χ0) is 19.2. The largest absolute Gasteiger partial charge is 0.383 e. The van der Waals surface area contributed by atoms with E-state index in [2.05, 4.69) is 21.4 Å². The molecule has 0 unspecified atom stereocenters. The predicted molar refractivity (Wildman–Crippen MR) is 102 cm³/mol. The quantitative estimate of drug-likeness (QED) is 0.849. The van der Waals surface area contributed by atoms with Crippen molar-refractivity contribution < 1.29 is 4.79 Å². The van der Waals surface area contributed by atoms with Crippen LogP contribution in [0.1, 0.15) is 59.2 Å². The zero-order valence-electron chi connectivity index (χ0n) is 15.5. The molecule has 1 fully saturated rings. The molecular weight excluding hydrogens is 340 g/mol. The van der Waals surface area contributed by atoms with Crippen LogP contribution in [0.3, 0.4) is 0 Å². The highest BCUT2D eigenvalue weighted by molar-refractivity contribution is 6.03. The number of nitrogens with zero attached hydrogens (tertiary/aromatic N) is 4. The first kappa shape index (κ1) is 17.3. The topological polar surface area (TPSA) is 108 Å². The lowest BCUT2D eigenvalue weighted by Crippen LogP contribution is -2.42. The lowest BCUT2D eigenvalue weighted by Gasteiger charge is -2.40. The van der Waals surface area contributed by atoms with Crippen molar-refractivity contribution in [1.29, 1.82) is 5.26 Å². The molecule has 1 saturated carbocycles. The van der Waals surface area contributed by atoms with Crippen molar-refractivity contribution in [2.45, 2.75) is 44.6 Å². The van der Waals surface area contributed by atoms with Crippen LogP contribution in [0.5, 0.6) is 0 Å². The molecule has 1 spiro atoms. The number of nitrogen functional groups attached to an aromatic ring is 1. The fourth-order valence-corrected chi connectivity index (χ4v) is 4.41. The average molecular weight is 362 g/mol. The second kappa shape index (κ2) is 6.23. The van der Waals surface area contributed by atoms with Gasteiger partial charge in [0.2, 0.25) is 0 Å². The molecule has 3 N–H and O–H groups in total. The molecule has 2 aliphatic rings. The van der Waals surface area contributed by atoms with Crippen LogP contribution in [-0.4, -0.2) is 27.8 Å². The van der Waals surface area contributed by atoms with E-state index in [1.54, 1.807) is 6.07 Å². The minimum absolute atomic E-state index is 0.0579. The van der Waals surface area contributed by atoms with Crippen LogP contribution in [0.15, 0.2) is 18.5 Å². The molecule has 2 heterocycles. The smallest absolute Gasteiger partial charge is 0.256 e. The van der Waals surface area contributed by atoms with Crippen LogP contribution in [-0.2, 0) is 5.54 Å². The Morgan fingerprint density at radius 1 is 1.26 bits per heavy atom. The van der Waals surface area contributed by atoms with Gasteiger partial charge in [0.25, 0.3) is 5.91 Å². The summed E-state index contributed by atoms with van der Waals surface area (Å²) in [4.78, 5) is 23.0. The van der Waals surface area contributed by atoms with Gasteiger partial charge in [-0.05, 0) is 37.5 Å². The summed E-state index contributed by atoms with van der Waals surface area (Å²) in [5.74, 6) is 0.951. The molecule has 27 heavy (non-hydrogen) atoms. The number of benzene rings is 1. The molecule has 4 rings (SSSR count). The second-order valence-corrected chi connectivity index (χ2v) is 7.37. The number of hydrogen-bond donors (Lipinski definition) is 2. The lowest BCUT2D eigenvalue weighted by molar-refractivity contribution is 0.0529. The van der Waals surface area contributed by atoms with Gasteiger partial charge in [-0.2, -0.15) is 5.26 Å². The maximum Gasteiger partial charge on any atom is 0.256 e. The van der Waals surface area contributed by atoms with Crippen molar-refractivity contribution in [3.05, 3.63) is 40.7 Å². The Morgan fingerprint density at radius 3 is 2.70 bits per heavy atom. The van der Waals surface area contributed by atoms with Crippen LogP contribution in [0.2, 0.25) is 0 Å². The molecule has 7 nitrogen and oxygen atoms in total. The van der Waals surface area contributed by atoms with Crippen LogP contribution < -0.4 is 11.1 Å². The molecule has 0 bridgehead atoms. The van der Waals surface area contributed by atoms with E-state index in [1.165, 1.54) is 12.7 Å². The number of fused-ring (bicyclic) bond motifs is 2. The molecule has 0 atom stereocenters. The molecule has 1 aliphatic heterocycles. The van der Waals surface area contributed by atoms with Gasteiger partial charge in [0.15, 0.2) is 0 Å². The van der Waals surface area contributed by atoms with Gasteiger partial charge in [-0.25, -0.2) is 9.97 Å². The molecule has 1 aromatic carbocycles. The first-order chi connectivity index (χ1) is 13.0. The summed E-state index contributed by atoms with van der Waals surface area (Å²) in [5.41, 5.74) is 8.94. The Labute approximate surface area is 158 Å². The molecule has 1 amide bonds. The molecule has 7 heteroatoms. The molecule has 0 radical (unpaired) electrons. The predicted octanol–water partition coefficient (Wildman–Crippen LogP) is 3.23. The lowest BCUT2D eigenvalue weighted by atomic mass is 9.76. The maximum absolute atomic E-state index is 12.9. The third-order valence-corrected chi connectivity index (χ3v) is 5.99. The average Bonchev–Trinajstić information content (AvgIpc) is 2.88. The molecule has 1 aromatic heterocycles. The summed E-state index contributed by atoms with van der Waals surface area (Å²) >= 11 is 0. The van der Waals surface area contributed by atoms with Crippen molar-refractivity contribution in [2.75, 3.05) is 18.1 Å². The fourth-order valence-electron chi connectivity index (χ4n) is 4.41. The summed E-state index contributed by atoms with van der Waals surface area (Å²) in [6.07, 6.45) is 6.60. The minimum Gasteiger partial charge on any atom is -0.383 e. The number of nitriles is 1. The molecular formula is C20H22N6O. The summed E-state index contributed by atoms with van der Waals surface area (Å²) in [6, 6.07) is 5.92. The first-order valence-corrected chi connectivity index (χ1v) is 9.19. The van der Waals surface area contributed by atoms with E-state index in [9.17, 15) is 10.1 Å². The standard InChI is InChI=1S/C20H22N6O/c1-12-17(22)23-11-24-18(12)25-14-8-13(10-21)16-15(9-14)20(26(2)19(16)27)6-4-3-5-7-20/h8-9,11H,3-7H2,1-2H3,(H3,22,23,24,25). The maximum atomic E-state index is 12.9. The second-order valence-electron chi connectivity index (χ2n) is 7.37. The zero-order valence-corrected chi connectivity index (χ0v) is 15.5. The molecule has 1 aliphatic carbocycles. The molecule has 138 valence electrons. The fraction of sp³-hybridized carbons (Fsp3) is 0.400. The van der Waals surface area contributed by atoms with E-state index >= 15 is 0 Å². The summed E-state index contributed by atoms with van der Waals surface area (Å²) in [6.45, 7) is 1.84. The van der Waals surface area contributed by atoms with Gasteiger partial charge in [-0.1, -0.05) is 19.3 Å². The van der Waals surface area contributed by atoms with Crippen LogP contribution in [0.4, 0.5) is 17.3 Å². The number of carbonyl (C=O) groups is 1. The highest BCUT2D eigenvalue weighted by Crippen LogP contribution is 2.49. The van der Waals surface area contributed by atoms with Gasteiger partial charge in [0.1, 0.15) is 24.0 Å². The van der Waals surface area contributed by atoms with Gasteiger partial charge in [0, 0.05) is 18.3 Å². The minimum atomic E-state index is -0.312. The van der Waals surface area contributed by atoms with Crippen LogP contribution in [0, 0.1) is 18.3 Å². The number of hydrogen-bond acceptors (Lipinski definition) is 6. The van der Waals surface area contributed by atoms with Crippen LogP contribution >= 0.6 is 0 Å². The Morgan fingerprint density at radius 2 is 2.00 bits per heavy atom. The summed E-state index contributed by atoms with van der Waals surface area (Å²) in [5, 5.41) is 12.9. The van der Waals surface area contributed by atoms with E-state index in [4.69, 9.17) is 5.73 Å². The SMILES string of the molecule is Cc1c(N)ncnc1Nc1cc(C#N)c2c(c1)C1(CCCCC1)N(C)C2=O. The number of amides is 1. The van der Waals surface area contributed by atoms with Crippen LogP contribution in [0.25, 0.3) is 0 Å². The normalized spacial score (nSPS) is 17.7. The first-order valence-electron chi connectivity index (χ1n) is 9.19. The van der Waals surface area contributed by atoms with Crippen molar-refractivity contribution in [3.8, 4) is 6.07 Å². The van der Waals surface area contributed by atoms with Gasteiger partial charge in [-0.3, -0.25) is 4.79 Å². The Balaban J connectivity index is 1.85. The number of nitrogens with two attached hydrogens (primary N) is 1. The Kier molecular flexibility index (Phi) is 3.99. The number of aromatic nitrogens is 2. The number of rotatable bonds is 2. The van der Waals surface area contributed by atoms with Gasteiger partial charge in [-0.15, -0.1) is 0 Å². The number of anilines is 3.